The van der Waals surface area contributed by atoms with E-state index in [0.29, 0.717) is 0 Å². The van der Waals surface area contributed by atoms with Gasteiger partial charge < -0.3 is 25.8 Å². The first-order valence-electron chi connectivity index (χ1n) is 7.46. The summed E-state index contributed by atoms with van der Waals surface area (Å²) in [4.78, 5) is 37.5. The fourth-order valence-corrected chi connectivity index (χ4v) is 2.51. The van der Waals surface area contributed by atoms with Crippen molar-refractivity contribution in [2.45, 2.75) is 50.5 Å². The van der Waals surface area contributed by atoms with Crippen LogP contribution in [0.5, 0.6) is 0 Å². The monoisotopic (exact) mass is 353 g/mol. The Morgan fingerprint density at radius 1 is 1.40 bits per heavy atom. The SMILES string of the molecule is CC#Cc1cn([C@@H]2O[C@H](C(O)C(=O)[C@H](C)N)[C@@H](O)[C@@H]2O)c(=O)[nH]c1=O. The predicted octanol–water partition coefficient (Wildman–Crippen LogP) is -3.20. The summed E-state index contributed by atoms with van der Waals surface area (Å²) < 4.78 is 6.16. The molecule has 1 aromatic heterocycles. The van der Waals surface area contributed by atoms with Gasteiger partial charge in [-0.3, -0.25) is 19.1 Å². The van der Waals surface area contributed by atoms with E-state index in [4.69, 9.17) is 10.5 Å². The average Bonchev–Trinajstić information content (AvgIpc) is 2.84. The molecule has 1 aliphatic rings. The second kappa shape index (κ2) is 7.30. The van der Waals surface area contributed by atoms with Crippen LogP contribution in [0.1, 0.15) is 25.6 Å². The minimum Gasteiger partial charge on any atom is -0.387 e. The zero-order chi connectivity index (χ0) is 18.9. The molecule has 0 bridgehead atoms. The fourth-order valence-electron chi connectivity index (χ4n) is 2.51. The van der Waals surface area contributed by atoms with E-state index in [2.05, 4.69) is 11.8 Å². The first kappa shape index (κ1) is 19.0. The summed E-state index contributed by atoms with van der Waals surface area (Å²) in [6.45, 7) is 2.84. The van der Waals surface area contributed by atoms with Crippen molar-refractivity contribution >= 4 is 5.78 Å². The van der Waals surface area contributed by atoms with Crippen LogP contribution in [0.15, 0.2) is 15.8 Å². The number of nitrogens with one attached hydrogen (secondary N) is 1. The van der Waals surface area contributed by atoms with Crippen molar-refractivity contribution in [1.29, 1.82) is 0 Å². The molecule has 6 N–H and O–H groups in total. The Hall–Kier alpha value is -2.29. The van der Waals surface area contributed by atoms with Gasteiger partial charge in [-0.25, -0.2) is 4.79 Å². The second-order valence-electron chi connectivity index (χ2n) is 5.69. The van der Waals surface area contributed by atoms with Crippen molar-refractivity contribution in [2.24, 2.45) is 5.73 Å². The summed E-state index contributed by atoms with van der Waals surface area (Å²) in [6, 6.07) is -1.01. The Balaban J connectivity index is 2.40. The third kappa shape index (κ3) is 3.55. The Labute approximate surface area is 141 Å². The van der Waals surface area contributed by atoms with Gasteiger partial charge in [-0.15, -0.1) is 5.92 Å². The van der Waals surface area contributed by atoms with Crippen LogP contribution in [-0.4, -0.2) is 61.1 Å². The van der Waals surface area contributed by atoms with Crippen molar-refractivity contribution in [3.8, 4) is 11.8 Å². The van der Waals surface area contributed by atoms with E-state index in [1.54, 1.807) is 0 Å². The number of hydrogen-bond donors (Lipinski definition) is 5. The summed E-state index contributed by atoms with van der Waals surface area (Å²) in [5, 5.41) is 30.2. The predicted molar refractivity (Wildman–Crippen MR) is 84.5 cm³/mol. The van der Waals surface area contributed by atoms with Gasteiger partial charge >= 0.3 is 5.69 Å². The summed E-state index contributed by atoms with van der Waals surface area (Å²) >= 11 is 0. The molecule has 1 aliphatic heterocycles. The molecule has 2 heterocycles. The zero-order valence-corrected chi connectivity index (χ0v) is 13.5. The number of Topliss-reactive ketones (excluding diaryl/α,β-unsaturated/α-hetero) is 1. The molecular weight excluding hydrogens is 334 g/mol. The Morgan fingerprint density at radius 2 is 2.04 bits per heavy atom. The molecule has 0 aliphatic carbocycles. The molecule has 136 valence electrons. The number of rotatable bonds is 4. The molecule has 1 unspecified atom stereocenters. The van der Waals surface area contributed by atoms with Gasteiger partial charge in [0.15, 0.2) is 12.0 Å². The third-order valence-electron chi connectivity index (χ3n) is 3.83. The first-order valence-corrected chi connectivity index (χ1v) is 7.46. The van der Waals surface area contributed by atoms with Gasteiger partial charge in [0.2, 0.25) is 0 Å². The van der Waals surface area contributed by atoms with Gasteiger partial charge in [0.1, 0.15) is 30.0 Å². The minimum atomic E-state index is -1.79. The van der Waals surface area contributed by atoms with Crippen molar-refractivity contribution in [2.75, 3.05) is 0 Å². The number of H-pyrrole nitrogens is 1. The number of nitrogens with two attached hydrogens (primary N) is 1. The molecule has 0 saturated carbocycles. The Bertz CT molecular complexity index is 832. The maximum atomic E-state index is 12.0. The van der Waals surface area contributed by atoms with E-state index in [1.807, 2.05) is 4.98 Å². The van der Waals surface area contributed by atoms with E-state index in [1.165, 1.54) is 13.8 Å². The summed E-state index contributed by atoms with van der Waals surface area (Å²) in [5.41, 5.74) is 3.73. The first-order chi connectivity index (χ1) is 11.7. The lowest BCUT2D eigenvalue weighted by Crippen LogP contribution is -2.47. The topological polar surface area (TPSA) is 168 Å². The fraction of sp³-hybridized carbons (Fsp3) is 0.533. The van der Waals surface area contributed by atoms with Gasteiger partial charge in [-0.1, -0.05) is 5.92 Å². The van der Waals surface area contributed by atoms with Crippen molar-refractivity contribution in [3.63, 3.8) is 0 Å². The van der Waals surface area contributed by atoms with Gasteiger partial charge in [-0.2, -0.15) is 0 Å². The van der Waals surface area contributed by atoms with E-state index < -0.39 is 53.7 Å². The number of carbonyl (C=O) groups excluding carboxylic acids is 1. The van der Waals surface area contributed by atoms with Gasteiger partial charge in [0, 0.05) is 6.20 Å². The number of nitrogens with zero attached hydrogens (tertiary/aromatic N) is 1. The minimum absolute atomic E-state index is 0.0527. The van der Waals surface area contributed by atoms with Crippen LogP contribution in [0.2, 0.25) is 0 Å². The van der Waals surface area contributed by atoms with Crippen molar-refractivity contribution in [3.05, 3.63) is 32.6 Å². The lowest BCUT2D eigenvalue weighted by Gasteiger charge is -2.21. The van der Waals surface area contributed by atoms with Crippen LogP contribution >= 0.6 is 0 Å². The molecule has 1 fully saturated rings. The molecule has 10 heteroatoms. The highest BCUT2D eigenvalue weighted by atomic mass is 16.6. The number of ketones is 1. The molecular formula is C15H19N3O7. The van der Waals surface area contributed by atoms with Crippen LogP contribution in [0.3, 0.4) is 0 Å². The number of hydrogen-bond acceptors (Lipinski definition) is 8. The van der Waals surface area contributed by atoms with E-state index in [-0.39, 0.29) is 5.56 Å². The van der Waals surface area contributed by atoms with Crippen molar-refractivity contribution < 1.29 is 24.9 Å². The van der Waals surface area contributed by atoms with Crippen LogP contribution in [-0.2, 0) is 9.53 Å². The Kier molecular flexibility index (Phi) is 5.56. The normalized spacial score (nSPS) is 28.1. The molecule has 1 aromatic rings. The van der Waals surface area contributed by atoms with Gasteiger partial charge in [0.25, 0.3) is 5.56 Å². The molecule has 2 rings (SSSR count). The highest BCUT2D eigenvalue weighted by Crippen LogP contribution is 2.30. The number of carbonyl (C=O) groups is 1. The lowest BCUT2D eigenvalue weighted by molar-refractivity contribution is -0.142. The lowest BCUT2D eigenvalue weighted by atomic mass is 9.99. The molecule has 0 amide bonds. The second-order valence-corrected chi connectivity index (χ2v) is 5.69. The van der Waals surface area contributed by atoms with Gasteiger partial charge in [-0.05, 0) is 13.8 Å². The largest absolute Gasteiger partial charge is 0.387 e. The van der Waals surface area contributed by atoms with Crippen LogP contribution in [0.4, 0.5) is 0 Å². The molecule has 25 heavy (non-hydrogen) atoms. The smallest absolute Gasteiger partial charge is 0.330 e. The number of aromatic nitrogens is 2. The van der Waals surface area contributed by atoms with E-state index >= 15 is 0 Å². The molecule has 6 atom stereocenters. The highest BCUT2D eigenvalue weighted by Gasteiger charge is 2.49. The standard InChI is InChI=1S/C15H19N3O7/c1-3-4-7-5-18(15(24)17-13(7)23)14-11(22)10(21)12(25-14)9(20)8(19)6(2)16/h5-6,9-12,14,20-22H,16H2,1-2H3,(H,17,23,24)/t6-,9?,10-,11-,12+,14+/m0/s1. The van der Waals surface area contributed by atoms with E-state index in [9.17, 15) is 29.7 Å². The summed E-state index contributed by atoms with van der Waals surface area (Å²) in [5.74, 6) is 4.20. The Morgan fingerprint density at radius 3 is 2.60 bits per heavy atom. The quantitative estimate of drug-likeness (QED) is 0.353. The molecule has 0 radical (unpaired) electrons. The summed E-state index contributed by atoms with van der Waals surface area (Å²) in [7, 11) is 0. The van der Waals surface area contributed by atoms with Gasteiger partial charge in [0.05, 0.1) is 6.04 Å². The highest BCUT2D eigenvalue weighted by molar-refractivity contribution is 5.88. The van der Waals surface area contributed by atoms with Crippen LogP contribution < -0.4 is 17.0 Å². The average molecular weight is 353 g/mol. The summed E-state index contributed by atoms with van der Waals surface area (Å²) in [6.07, 6.45) is -6.92. The number of aliphatic hydroxyl groups is 3. The molecule has 1 saturated heterocycles. The molecule has 10 nitrogen and oxygen atoms in total. The van der Waals surface area contributed by atoms with Crippen LogP contribution in [0, 0.1) is 11.8 Å². The van der Waals surface area contributed by atoms with Crippen LogP contribution in [0.25, 0.3) is 0 Å². The zero-order valence-electron chi connectivity index (χ0n) is 13.5. The number of aromatic amines is 1. The number of aliphatic hydroxyl groups excluding tert-OH is 3. The van der Waals surface area contributed by atoms with Crippen molar-refractivity contribution in [1.82, 2.24) is 9.55 Å². The number of ether oxygens (including phenoxy) is 1. The molecule has 0 spiro atoms. The maximum absolute atomic E-state index is 12.0. The maximum Gasteiger partial charge on any atom is 0.330 e. The van der Waals surface area contributed by atoms with E-state index in [0.717, 1.165) is 10.8 Å². The molecule has 0 aromatic carbocycles. The third-order valence-corrected chi connectivity index (χ3v) is 3.83.